The van der Waals surface area contributed by atoms with Gasteiger partial charge in [-0.1, -0.05) is 23.2 Å². The Morgan fingerprint density at radius 3 is 2.57 bits per heavy atom. The largest absolute Gasteiger partial charge is 0.437 e. The van der Waals surface area contributed by atoms with E-state index < -0.39 is 0 Å². The van der Waals surface area contributed by atoms with Crippen molar-refractivity contribution in [1.29, 1.82) is 0 Å². The van der Waals surface area contributed by atoms with Crippen LogP contribution in [0.25, 0.3) is 0 Å². The van der Waals surface area contributed by atoms with E-state index in [1.54, 1.807) is 30.6 Å². The summed E-state index contributed by atoms with van der Waals surface area (Å²) < 4.78 is 5.64. The molecule has 0 saturated carbocycles. The molecule has 0 unspecified atom stereocenters. The molecule has 0 aliphatic rings. The summed E-state index contributed by atoms with van der Waals surface area (Å²) in [6, 6.07) is 5.05. The molecule has 1 N–H and O–H groups in total. The van der Waals surface area contributed by atoms with Gasteiger partial charge in [0, 0.05) is 24.3 Å². The third-order valence-corrected chi connectivity index (χ3v) is 3.31. The molecule has 1 heterocycles. The monoisotopic (exact) mass is 325 g/mol. The van der Waals surface area contributed by atoms with Gasteiger partial charge in [0.2, 0.25) is 5.88 Å². The highest BCUT2D eigenvalue weighted by Gasteiger charge is 2.10. The summed E-state index contributed by atoms with van der Waals surface area (Å²) in [4.78, 5) is 8.53. The maximum absolute atomic E-state index is 5.95. The number of benzene rings is 1. The molecule has 2 aromatic rings. The van der Waals surface area contributed by atoms with Crippen LogP contribution in [-0.2, 0) is 6.54 Å². The number of ether oxygens (including phenoxy) is 1. The summed E-state index contributed by atoms with van der Waals surface area (Å²) in [5.41, 5.74) is 0.824. The summed E-state index contributed by atoms with van der Waals surface area (Å²) in [5, 5.41) is 4.27. The number of rotatable bonds is 4. The number of nitrogens with zero attached hydrogens (tertiary/aromatic N) is 2. The zero-order valence-corrected chi connectivity index (χ0v) is 13.7. The molecular formula is C15H17Cl2N3O. The lowest BCUT2D eigenvalue weighted by Gasteiger charge is -2.20. The summed E-state index contributed by atoms with van der Waals surface area (Å²) in [7, 11) is 0. The third-order valence-electron chi connectivity index (χ3n) is 2.58. The number of aromatic nitrogens is 2. The maximum atomic E-state index is 5.95. The molecule has 0 aliphatic carbocycles. The fourth-order valence-corrected chi connectivity index (χ4v) is 1.83. The molecule has 21 heavy (non-hydrogen) atoms. The molecule has 4 nitrogen and oxygen atoms in total. The normalized spacial score (nSPS) is 11.5. The van der Waals surface area contributed by atoms with Gasteiger partial charge in [0.15, 0.2) is 0 Å². The second-order valence-corrected chi connectivity index (χ2v) is 6.44. The van der Waals surface area contributed by atoms with E-state index in [1.807, 2.05) is 0 Å². The van der Waals surface area contributed by atoms with E-state index in [0.717, 1.165) is 5.69 Å². The molecule has 0 amide bonds. The molecule has 2 rings (SSSR count). The average molecular weight is 326 g/mol. The van der Waals surface area contributed by atoms with Gasteiger partial charge in [0.05, 0.1) is 21.9 Å². The predicted octanol–water partition coefficient (Wildman–Crippen LogP) is 4.46. The van der Waals surface area contributed by atoms with Crippen LogP contribution in [0.5, 0.6) is 11.6 Å². The number of hydrogen-bond acceptors (Lipinski definition) is 4. The van der Waals surface area contributed by atoms with E-state index in [1.165, 1.54) is 0 Å². The zero-order chi connectivity index (χ0) is 15.5. The lowest BCUT2D eigenvalue weighted by molar-refractivity contribution is 0.414. The first-order valence-electron chi connectivity index (χ1n) is 6.52. The smallest absolute Gasteiger partial charge is 0.238 e. The van der Waals surface area contributed by atoms with Crippen molar-refractivity contribution in [3.63, 3.8) is 0 Å². The maximum Gasteiger partial charge on any atom is 0.238 e. The Hall–Kier alpha value is -1.36. The Balaban J connectivity index is 2.08. The molecular weight excluding hydrogens is 309 g/mol. The highest BCUT2D eigenvalue weighted by Crippen LogP contribution is 2.28. The van der Waals surface area contributed by atoms with Gasteiger partial charge in [0.25, 0.3) is 0 Å². The molecule has 0 fully saturated rings. The van der Waals surface area contributed by atoms with Crippen LogP contribution >= 0.6 is 23.2 Å². The number of hydrogen-bond donors (Lipinski definition) is 1. The third kappa shape index (κ3) is 5.16. The van der Waals surface area contributed by atoms with Gasteiger partial charge in [-0.25, -0.2) is 4.98 Å². The molecule has 1 aromatic heterocycles. The van der Waals surface area contributed by atoms with Gasteiger partial charge < -0.3 is 10.1 Å². The Morgan fingerprint density at radius 2 is 1.90 bits per heavy atom. The summed E-state index contributed by atoms with van der Waals surface area (Å²) >= 11 is 11.8. The van der Waals surface area contributed by atoms with Crippen LogP contribution in [0.15, 0.2) is 30.6 Å². The SMILES string of the molecule is CC(C)(C)NCc1cncc(Oc2ccc(Cl)c(Cl)c2)n1. The van der Waals surface area contributed by atoms with Crippen molar-refractivity contribution in [1.82, 2.24) is 15.3 Å². The lowest BCUT2D eigenvalue weighted by Crippen LogP contribution is -2.35. The van der Waals surface area contributed by atoms with Crippen molar-refractivity contribution in [2.45, 2.75) is 32.9 Å². The van der Waals surface area contributed by atoms with Gasteiger partial charge in [-0.05, 0) is 32.9 Å². The highest BCUT2D eigenvalue weighted by atomic mass is 35.5. The van der Waals surface area contributed by atoms with E-state index in [-0.39, 0.29) is 5.54 Å². The minimum Gasteiger partial charge on any atom is -0.437 e. The first-order chi connectivity index (χ1) is 9.83. The fraction of sp³-hybridized carbons (Fsp3) is 0.333. The Bertz CT molecular complexity index is 627. The van der Waals surface area contributed by atoms with E-state index in [0.29, 0.717) is 28.2 Å². The molecule has 0 bridgehead atoms. The van der Waals surface area contributed by atoms with Crippen molar-refractivity contribution < 1.29 is 4.74 Å². The quantitative estimate of drug-likeness (QED) is 0.901. The van der Waals surface area contributed by atoms with Crippen LogP contribution in [0.1, 0.15) is 26.5 Å². The number of nitrogens with one attached hydrogen (secondary N) is 1. The van der Waals surface area contributed by atoms with E-state index in [9.17, 15) is 0 Å². The molecule has 0 atom stereocenters. The average Bonchev–Trinajstić information content (AvgIpc) is 2.40. The van der Waals surface area contributed by atoms with Gasteiger partial charge in [-0.15, -0.1) is 0 Å². The molecule has 0 saturated heterocycles. The van der Waals surface area contributed by atoms with E-state index in [2.05, 4.69) is 36.1 Å². The standard InChI is InChI=1S/C15H17Cl2N3O/c1-15(2,3)19-8-10-7-18-9-14(20-10)21-11-4-5-12(16)13(17)6-11/h4-7,9,19H,8H2,1-3H3. The molecule has 0 spiro atoms. The summed E-state index contributed by atoms with van der Waals surface area (Å²) in [6.45, 7) is 6.90. The topological polar surface area (TPSA) is 47.0 Å². The van der Waals surface area contributed by atoms with Crippen LogP contribution in [0, 0.1) is 0 Å². The van der Waals surface area contributed by atoms with Gasteiger partial charge in [-0.2, -0.15) is 0 Å². The lowest BCUT2D eigenvalue weighted by atomic mass is 10.1. The minimum atomic E-state index is 0.0161. The zero-order valence-electron chi connectivity index (χ0n) is 12.2. The van der Waals surface area contributed by atoms with Crippen LogP contribution in [0.2, 0.25) is 10.0 Å². The Kier molecular flexibility index (Phi) is 5.04. The van der Waals surface area contributed by atoms with Gasteiger partial charge >= 0.3 is 0 Å². The van der Waals surface area contributed by atoms with Gasteiger partial charge in [0.1, 0.15) is 5.75 Å². The van der Waals surface area contributed by atoms with Crippen molar-refractivity contribution in [2.75, 3.05) is 0 Å². The van der Waals surface area contributed by atoms with Crippen LogP contribution in [0.3, 0.4) is 0 Å². The van der Waals surface area contributed by atoms with Crippen molar-refractivity contribution in [3.8, 4) is 11.6 Å². The highest BCUT2D eigenvalue weighted by molar-refractivity contribution is 6.42. The minimum absolute atomic E-state index is 0.0161. The van der Waals surface area contributed by atoms with Crippen LogP contribution < -0.4 is 10.1 Å². The summed E-state index contributed by atoms with van der Waals surface area (Å²) in [5.74, 6) is 0.987. The molecule has 0 aliphatic heterocycles. The van der Waals surface area contributed by atoms with Crippen molar-refractivity contribution in [2.24, 2.45) is 0 Å². The molecule has 6 heteroatoms. The van der Waals surface area contributed by atoms with Crippen molar-refractivity contribution >= 4 is 23.2 Å². The van der Waals surface area contributed by atoms with Gasteiger partial charge in [-0.3, -0.25) is 4.98 Å². The fourth-order valence-electron chi connectivity index (χ4n) is 1.54. The molecule has 0 radical (unpaired) electrons. The second-order valence-electron chi connectivity index (χ2n) is 5.63. The first kappa shape index (κ1) is 16.0. The van der Waals surface area contributed by atoms with Crippen LogP contribution in [0.4, 0.5) is 0 Å². The van der Waals surface area contributed by atoms with Crippen LogP contribution in [-0.4, -0.2) is 15.5 Å². The first-order valence-corrected chi connectivity index (χ1v) is 7.28. The van der Waals surface area contributed by atoms with E-state index >= 15 is 0 Å². The van der Waals surface area contributed by atoms with E-state index in [4.69, 9.17) is 27.9 Å². The predicted molar refractivity (Wildman–Crippen MR) is 85.2 cm³/mol. The number of halogens is 2. The molecule has 1 aromatic carbocycles. The molecule has 112 valence electrons. The Morgan fingerprint density at radius 1 is 1.14 bits per heavy atom. The van der Waals surface area contributed by atoms with Crippen molar-refractivity contribution in [3.05, 3.63) is 46.3 Å². The second kappa shape index (κ2) is 6.60. The Labute approximate surface area is 134 Å². The summed E-state index contributed by atoms with van der Waals surface area (Å²) in [6.07, 6.45) is 3.27.